The fourth-order valence-electron chi connectivity index (χ4n) is 3.36. The fraction of sp³-hybridized carbons (Fsp3) is 0.278. The molecule has 0 spiro atoms. The van der Waals surface area contributed by atoms with Gasteiger partial charge < -0.3 is 72.3 Å². The number of hydrogen-bond acceptors (Lipinski definition) is 10. The van der Waals surface area contributed by atoms with Crippen LogP contribution < -0.4 is 20.9 Å². The normalized spacial score (nSPS) is 11.4. The molecule has 0 saturated carbocycles. The van der Waals surface area contributed by atoms with Crippen molar-refractivity contribution in [2.75, 3.05) is 0 Å². The van der Waals surface area contributed by atoms with Crippen LogP contribution >= 0.6 is 0 Å². The maximum Gasteiger partial charge on any atom is 2.00 e. The molecule has 0 bridgehead atoms. The summed E-state index contributed by atoms with van der Waals surface area (Å²) in [4.78, 5) is 18.0. The second-order valence-electron chi connectivity index (χ2n) is 10.00. The van der Waals surface area contributed by atoms with Crippen molar-refractivity contribution in [3.05, 3.63) is 116 Å². The number of aliphatic hydroxyl groups is 8. The Morgan fingerprint density at radius 3 is 0.691 bits per heavy atom. The third-order valence-electron chi connectivity index (χ3n) is 4.69. The van der Waals surface area contributed by atoms with Gasteiger partial charge in [0.05, 0.1) is 0 Å². The van der Waals surface area contributed by atoms with Gasteiger partial charge in [-0.15, -0.1) is 22.7 Å². The molecule has 4 heterocycles. The van der Waals surface area contributed by atoms with Gasteiger partial charge >= 0.3 is 33.6 Å². The maximum atomic E-state index is 9.00. The first-order valence-corrected chi connectivity index (χ1v) is 15.3. The van der Waals surface area contributed by atoms with Crippen LogP contribution in [0.15, 0.2) is 73.4 Å². The van der Waals surface area contributed by atoms with Crippen molar-refractivity contribution >= 4 is 59.0 Å². The molecule has 2 aromatic rings. The number of rotatable bonds is 0. The number of hydrogen-bond donors (Lipinski definition) is 10. The van der Waals surface area contributed by atoms with E-state index < -0.39 is 37.1 Å². The Morgan fingerprint density at radius 1 is 0.436 bits per heavy atom. The fourth-order valence-corrected chi connectivity index (χ4v) is 3.36. The molecule has 10 N–H and O–H groups in total. The van der Waals surface area contributed by atoms with Gasteiger partial charge in [0.1, 0.15) is 25.2 Å². The van der Waals surface area contributed by atoms with E-state index in [-0.39, 0.29) is 50.3 Å². The quantitative estimate of drug-likeness (QED) is 0.170. The van der Waals surface area contributed by atoms with E-state index in [1.165, 1.54) is 27.7 Å². The summed E-state index contributed by atoms with van der Waals surface area (Å²) in [6, 6.07) is 8.30. The largest absolute Gasteiger partial charge is 2.00 e. The van der Waals surface area contributed by atoms with Crippen molar-refractivity contribution < 1.29 is 111 Å². The van der Waals surface area contributed by atoms with Crippen molar-refractivity contribution in [3.8, 4) is 0 Å². The zero-order valence-electron chi connectivity index (χ0n) is 30.6. The third-order valence-corrected chi connectivity index (χ3v) is 4.69. The Hall–Kier alpha value is -3.78. The van der Waals surface area contributed by atoms with E-state index in [1.807, 2.05) is 24.3 Å². The molecule has 0 fully saturated rings. The summed E-state index contributed by atoms with van der Waals surface area (Å²) in [6.07, 6.45) is 18.5. The van der Waals surface area contributed by atoms with Crippen molar-refractivity contribution in [2.45, 2.75) is 66.7 Å². The van der Waals surface area contributed by atoms with Crippen LogP contribution in [0.3, 0.4) is 0 Å². The zero-order valence-corrected chi connectivity index (χ0v) is 33.7. The van der Waals surface area contributed by atoms with Crippen LogP contribution in [0.4, 0.5) is 22.7 Å². The van der Waals surface area contributed by atoms with Gasteiger partial charge in [-0.05, 0) is 48.6 Å². The molecule has 0 saturated heterocycles. The number of carbonyl (C=O) groups is 2. The number of carboxylic acid groups (broad SMARTS) is 2. The molecule has 19 heteroatoms. The summed E-state index contributed by atoms with van der Waals surface area (Å²) in [5.74, 6) is -1.67. The summed E-state index contributed by atoms with van der Waals surface area (Å²) >= 11 is 0. The molecule has 3 radical (unpaired) electrons. The summed E-state index contributed by atoms with van der Waals surface area (Å²) in [6.45, 7) is 7.28. The van der Waals surface area contributed by atoms with E-state index >= 15 is 0 Å². The predicted molar refractivity (Wildman–Crippen MR) is 200 cm³/mol. The molecule has 16 nitrogen and oxygen atoms in total. The number of aliphatic carboxylic acids is 2. The second kappa shape index (κ2) is 35.9. The molecule has 6 rings (SSSR count). The van der Waals surface area contributed by atoms with Crippen LogP contribution in [0.1, 0.15) is 41.5 Å². The van der Waals surface area contributed by atoms with Crippen LogP contribution in [0, 0.1) is 0 Å². The number of benzene rings is 2. The van der Waals surface area contributed by atoms with E-state index in [1.54, 1.807) is 24.8 Å². The standard InChI is InChI=1S/2C12H8N2.4C2H6O2.2C2H4O2.3Co/c2*1-3-9-5-6-10-4-2-8-14-12(10)11(9)13-7-1;6*1-2(3)4;;;/h2*1-8H;4*2-4H,1H3;2*1H3,(H,3,4);;;/q2*-2;;;;;;;;2*+2. The molecule has 55 heavy (non-hydrogen) atoms. The molecule has 0 amide bonds. The van der Waals surface area contributed by atoms with Gasteiger partial charge in [0.2, 0.25) is 0 Å². The topological polar surface area (TPSA) is 293 Å². The van der Waals surface area contributed by atoms with Gasteiger partial charge in [0.25, 0.3) is 11.9 Å². The molecule has 2 aromatic carbocycles. The zero-order chi connectivity index (χ0) is 40.2. The number of allylic oxidation sites excluding steroid dienone is 4. The van der Waals surface area contributed by atoms with Crippen LogP contribution in [0.5, 0.6) is 0 Å². The maximum absolute atomic E-state index is 9.00. The van der Waals surface area contributed by atoms with Gasteiger partial charge in [0, 0.05) is 30.6 Å². The molecule has 0 unspecified atom stereocenters. The first-order chi connectivity index (χ1) is 24.3. The van der Waals surface area contributed by atoms with E-state index in [9.17, 15) is 0 Å². The smallest absolute Gasteiger partial charge is 0.665 e. The minimum absolute atomic E-state index is 0. The molecule has 311 valence electrons. The average Bonchev–Trinajstić information content (AvgIpc) is 3.03. The van der Waals surface area contributed by atoms with Gasteiger partial charge in [-0.1, -0.05) is 72.9 Å². The number of fused-ring (bicyclic) bond motifs is 6. The Balaban J connectivity index is -0.000000189. The molecule has 0 aromatic heterocycles. The Bertz CT molecular complexity index is 1490. The van der Waals surface area contributed by atoms with Gasteiger partial charge in [-0.3, -0.25) is 9.59 Å². The monoisotopic (exact) mass is 905 g/mol. The van der Waals surface area contributed by atoms with Crippen LogP contribution in [0.2, 0.25) is 0 Å². The van der Waals surface area contributed by atoms with Gasteiger partial charge in [-0.2, -0.15) is 24.8 Å². The Morgan fingerprint density at radius 2 is 0.564 bits per heavy atom. The van der Waals surface area contributed by atoms with E-state index in [0.717, 1.165) is 57.5 Å². The van der Waals surface area contributed by atoms with E-state index in [0.29, 0.717) is 0 Å². The Labute approximate surface area is 350 Å². The van der Waals surface area contributed by atoms with Crippen molar-refractivity contribution in [3.63, 3.8) is 0 Å². The molecule has 4 aliphatic heterocycles. The average molecular weight is 906 g/mol. The van der Waals surface area contributed by atoms with Crippen molar-refractivity contribution in [1.29, 1.82) is 0 Å². The summed E-state index contributed by atoms with van der Waals surface area (Å²) < 4.78 is 0. The molecular weight excluding hydrogens is 857 g/mol. The van der Waals surface area contributed by atoms with Crippen molar-refractivity contribution in [2.24, 2.45) is 0 Å². The number of carboxylic acids is 2. The Kier molecular flexibility index (Phi) is 39.5. The number of aliphatic hydroxyl groups excluding tert-OH is 4. The molecule has 0 atom stereocenters. The van der Waals surface area contributed by atoms with E-state index in [2.05, 4.69) is 69.8 Å². The number of nitrogens with zero attached hydrogens (tertiary/aromatic N) is 4. The molecule has 4 aliphatic rings. The second-order valence-corrected chi connectivity index (χ2v) is 10.00. The van der Waals surface area contributed by atoms with Crippen LogP contribution in [-0.4, -0.2) is 88.2 Å². The summed E-state index contributed by atoms with van der Waals surface area (Å²) in [7, 11) is 0. The van der Waals surface area contributed by atoms with Gasteiger partial charge in [-0.25, -0.2) is 0 Å². The third kappa shape index (κ3) is 34.4. The SMILES string of the molecule is C1=C[N-]c2c3c(ccc2=C1)=CC=C[N-]3.C1=C[N-]c2c3c(ccc2=C1)=CC=C[N-]3.CC(=O)O.CC(=O)O.CC(O)O.CC(O)O.CC(O)O.CC(O)O.[Co+2].[Co+2].[Co]. The minimum atomic E-state index is -1.17. The van der Waals surface area contributed by atoms with Crippen molar-refractivity contribution in [1.82, 2.24) is 0 Å². The summed E-state index contributed by atoms with van der Waals surface area (Å²) in [5, 5.41) is 97.7. The van der Waals surface area contributed by atoms with Crippen LogP contribution in [-0.2, 0) is 59.9 Å². The first kappa shape index (κ1) is 60.5. The van der Waals surface area contributed by atoms with E-state index in [4.69, 9.17) is 60.7 Å². The van der Waals surface area contributed by atoms with Gasteiger partial charge in [0.15, 0.2) is 0 Å². The minimum Gasteiger partial charge on any atom is -0.665 e. The molecular formula is C36H48Co3N4O12. The van der Waals surface area contributed by atoms with Crippen LogP contribution in [0.25, 0.3) is 45.6 Å². The predicted octanol–water partition coefficient (Wildman–Crippen LogP) is 2.07. The summed E-state index contributed by atoms with van der Waals surface area (Å²) in [5.41, 5.74) is 3.91. The first-order valence-electron chi connectivity index (χ1n) is 15.3. The molecule has 0 aliphatic carbocycles.